The second kappa shape index (κ2) is 5.63. The summed E-state index contributed by atoms with van der Waals surface area (Å²) in [7, 11) is 0. The van der Waals surface area contributed by atoms with Crippen molar-refractivity contribution >= 4 is 34.8 Å². The van der Waals surface area contributed by atoms with E-state index in [-0.39, 0.29) is 21.7 Å². The Balaban J connectivity index is 2.39. The van der Waals surface area contributed by atoms with Crippen molar-refractivity contribution in [1.29, 1.82) is 0 Å². The van der Waals surface area contributed by atoms with Gasteiger partial charge in [-0.25, -0.2) is 4.98 Å². The van der Waals surface area contributed by atoms with Crippen molar-refractivity contribution in [3.8, 4) is 11.6 Å². The Morgan fingerprint density at radius 3 is 2.40 bits per heavy atom. The van der Waals surface area contributed by atoms with Crippen LogP contribution in [0.5, 0.6) is 11.6 Å². The molecule has 0 radical (unpaired) electrons. The second-order valence-electron chi connectivity index (χ2n) is 3.50. The van der Waals surface area contributed by atoms with Crippen LogP contribution in [0.1, 0.15) is 5.82 Å². The lowest BCUT2D eigenvalue weighted by molar-refractivity contribution is -0.145. The van der Waals surface area contributed by atoms with Crippen molar-refractivity contribution in [1.82, 2.24) is 9.97 Å². The number of benzene rings is 1. The minimum absolute atomic E-state index is 0.0532. The molecule has 20 heavy (non-hydrogen) atoms. The average molecular weight is 344 g/mol. The number of alkyl halides is 3. The molecule has 0 saturated carbocycles. The molecule has 0 atom stereocenters. The number of aromatic nitrogens is 2. The molecule has 3 nitrogen and oxygen atoms in total. The molecular formula is C11H4Cl3F3N2O. The fourth-order valence-electron chi connectivity index (χ4n) is 1.25. The molecule has 2 aromatic rings. The summed E-state index contributed by atoms with van der Waals surface area (Å²) in [4.78, 5) is 6.30. The van der Waals surface area contributed by atoms with Gasteiger partial charge in [0.1, 0.15) is 15.9 Å². The molecule has 9 heteroatoms. The lowest BCUT2D eigenvalue weighted by Gasteiger charge is -2.10. The molecule has 0 bridgehead atoms. The topological polar surface area (TPSA) is 35.0 Å². The molecule has 1 heterocycles. The van der Waals surface area contributed by atoms with Crippen molar-refractivity contribution in [3.05, 3.63) is 45.3 Å². The van der Waals surface area contributed by atoms with Gasteiger partial charge in [0.2, 0.25) is 11.7 Å². The second-order valence-corrected chi connectivity index (χ2v) is 4.68. The zero-order valence-electron chi connectivity index (χ0n) is 9.38. The van der Waals surface area contributed by atoms with Crippen LogP contribution in [-0.4, -0.2) is 9.97 Å². The van der Waals surface area contributed by atoms with E-state index in [0.29, 0.717) is 0 Å². The third-order valence-electron chi connectivity index (χ3n) is 2.06. The molecule has 0 amide bonds. The van der Waals surface area contributed by atoms with Crippen LogP contribution in [0.3, 0.4) is 0 Å². The van der Waals surface area contributed by atoms with Crippen LogP contribution in [0.15, 0.2) is 24.3 Å². The summed E-state index contributed by atoms with van der Waals surface area (Å²) < 4.78 is 42.8. The summed E-state index contributed by atoms with van der Waals surface area (Å²) in [6, 6.07) is 5.49. The van der Waals surface area contributed by atoms with Gasteiger partial charge in [0, 0.05) is 6.07 Å². The molecule has 0 aliphatic rings. The smallest absolute Gasteiger partial charge is 0.437 e. The maximum Gasteiger partial charge on any atom is 0.451 e. The van der Waals surface area contributed by atoms with Crippen LogP contribution in [0.4, 0.5) is 13.2 Å². The first-order valence-corrected chi connectivity index (χ1v) is 6.14. The van der Waals surface area contributed by atoms with Crippen molar-refractivity contribution in [2.24, 2.45) is 0 Å². The van der Waals surface area contributed by atoms with E-state index >= 15 is 0 Å². The zero-order chi connectivity index (χ0) is 14.9. The maximum atomic E-state index is 12.5. The van der Waals surface area contributed by atoms with Gasteiger partial charge < -0.3 is 4.74 Å². The molecule has 0 unspecified atom stereocenters. The van der Waals surface area contributed by atoms with Crippen molar-refractivity contribution in [3.63, 3.8) is 0 Å². The summed E-state index contributed by atoms with van der Waals surface area (Å²) in [5.41, 5.74) is 0. The minimum atomic E-state index is -4.73. The molecule has 0 aliphatic heterocycles. The first-order valence-electron chi connectivity index (χ1n) is 5.01. The average Bonchev–Trinajstić information content (AvgIpc) is 2.33. The summed E-state index contributed by atoms with van der Waals surface area (Å²) in [5, 5.41) is -0.154. The fraction of sp³-hybridized carbons (Fsp3) is 0.0909. The fourth-order valence-corrected chi connectivity index (χ4v) is 1.76. The third-order valence-corrected chi connectivity index (χ3v) is 3.05. The first kappa shape index (κ1) is 15.2. The van der Waals surface area contributed by atoms with Crippen LogP contribution in [0.2, 0.25) is 15.2 Å². The number of hydrogen-bond donors (Lipinski definition) is 0. The van der Waals surface area contributed by atoms with Crippen LogP contribution in [0.25, 0.3) is 0 Å². The van der Waals surface area contributed by atoms with Gasteiger partial charge in [-0.1, -0.05) is 40.9 Å². The summed E-state index contributed by atoms with van der Waals surface area (Å²) in [6.07, 6.45) is -4.73. The Morgan fingerprint density at radius 1 is 1.05 bits per heavy atom. The number of ether oxygens (including phenoxy) is 1. The van der Waals surface area contributed by atoms with E-state index in [4.69, 9.17) is 39.5 Å². The number of nitrogens with zero attached hydrogens (tertiary/aromatic N) is 2. The van der Waals surface area contributed by atoms with Gasteiger partial charge in [0.25, 0.3) is 0 Å². The highest BCUT2D eigenvalue weighted by molar-refractivity contribution is 6.42. The Morgan fingerprint density at radius 2 is 1.75 bits per heavy atom. The number of halogens is 6. The predicted octanol–water partition coefficient (Wildman–Crippen LogP) is 5.25. The molecule has 0 spiro atoms. The molecular weight excluding hydrogens is 339 g/mol. The van der Waals surface area contributed by atoms with E-state index in [2.05, 4.69) is 9.97 Å². The Labute approximate surface area is 126 Å². The number of hydrogen-bond acceptors (Lipinski definition) is 3. The zero-order valence-corrected chi connectivity index (χ0v) is 11.6. The van der Waals surface area contributed by atoms with Gasteiger partial charge in [-0.3, -0.25) is 0 Å². The Kier molecular flexibility index (Phi) is 4.27. The van der Waals surface area contributed by atoms with E-state index in [0.717, 1.165) is 6.07 Å². The normalized spacial score (nSPS) is 11.5. The summed E-state index contributed by atoms with van der Waals surface area (Å²) >= 11 is 17.1. The van der Waals surface area contributed by atoms with Crippen LogP contribution in [0, 0.1) is 0 Å². The van der Waals surface area contributed by atoms with E-state index in [1.54, 1.807) is 0 Å². The van der Waals surface area contributed by atoms with E-state index in [1.165, 1.54) is 18.2 Å². The van der Waals surface area contributed by atoms with Gasteiger partial charge in [-0.05, 0) is 12.1 Å². The van der Waals surface area contributed by atoms with Gasteiger partial charge in [0.15, 0.2) is 0 Å². The summed E-state index contributed by atoms with van der Waals surface area (Å²) in [5.74, 6) is -1.73. The van der Waals surface area contributed by atoms with Crippen molar-refractivity contribution in [2.75, 3.05) is 0 Å². The highest BCUT2D eigenvalue weighted by atomic mass is 35.5. The van der Waals surface area contributed by atoms with E-state index < -0.39 is 17.2 Å². The van der Waals surface area contributed by atoms with Crippen molar-refractivity contribution in [2.45, 2.75) is 6.18 Å². The highest BCUT2D eigenvalue weighted by Gasteiger charge is 2.35. The molecule has 1 aromatic carbocycles. The van der Waals surface area contributed by atoms with Crippen LogP contribution in [-0.2, 0) is 6.18 Å². The minimum Gasteiger partial charge on any atom is -0.437 e. The lowest BCUT2D eigenvalue weighted by Crippen LogP contribution is -2.11. The van der Waals surface area contributed by atoms with E-state index in [1.807, 2.05) is 0 Å². The molecule has 0 saturated heterocycles. The monoisotopic (exact) mass is 342 g/mol. The molecule has 0 aliphatic carbocycles. The van der Waals surface area contributed by atoms with Gasteiger partial charge in [0.05, 0.1) is 5.02 Å². The number of rotatable bonds is 2. The van der Waals surface area contributed by atoms with E-state index in [9.17, 15) is 13.2 Å². The summed E-state index contributed by atoms with van der Waals surface area (Å²) in [6.45, 7) is 0. The molecule has 1 aromatic heterocycles. The first-order chi connectivity index (χ1) is 9.27. The van der Waals surface area contributed by atoms with Crippen LogP contribution >= 0.6 is 34.8 Å². The lowest BCUT2D eigenvalue weighted by atomic mass is 10.3. The van der Waals surface area contributed by atoms with Crippen LogP contribution < -0.4 is 4.74 Å². The maximum absolute atomic E-state index is 12.5. The Bertz CT molecular complexity index is 649. The van der Waals surface area contributed by atoms with Gasteiger partial charge >= 0.3 is 6.18 Å². The molecule has 0 fully saturated rings. The van der Waals surface area contributed by atoms with Gasteiger partial charge in [-0.2, -0.15) is 18.2 Å². The Hall–Kier alpha value is -1.24. The van der Waals surface area contributed by atoms with Crippen molar-refractivity contribution < 1.29 is 17.9 Å². The predicted molar refractivity (Wildman–Crippen MR) is 68.6 cm³/mol. The third kappa shape index (κ3) is 3.45. The highest BCUT2D eigenvalue weighted by Crippen LogP contribution is 2.35. The SMILES string of the molecule is FC(F)(F)c1nc(Cl)cc(Oc2cccc(Cl)c2Cl)n1. The quantitative estimate of drug-likeness (QED) is 0.699. The molecule has 0 N–H and O–H groups in total. The standard InChI is InChI=1S/C11H4Cl3F3N2O/c12-5-2-1-3-6(9(5)14)20-8-4-7(13)18-10(19-8)11(15,16)17/h1-4H. The largest absolute Gasteiger partial charge is 0.451 e. The molecule has 2 rings (SSSR count). The van der Waals surface area contributed by atoms with Gasteiger partial charge in [-0.15, -0.1) is 0 Å². The molecule has 106 valence electrons.